The van der Waals surface area contributed by atoms with Crippen molar-refractivity contribution in [1.29, 1.82) is 0 Å². The summed E-state index contributed by atoms with van der Waals surface area (Å²) in [6.07, 6.45) is 0. The van der Waals surface area contributed by atoms with E-state index in [-0.39, 0.29) is 18.0 Å². The number of carbonyl (C=O) groups excluding carboxylic acids is 1. The molecule has 2 aliphatic heterocycles. The van der Waals surface area contributed by atoms with Gasteiger partial charge in [-0.05, 0) is 13.8 Å². The number of amides is 1. The monoisotopic (exact) mass is 258 g/mol. The van der Waals surface area contributed by atoms with Gasteiger partial charge in [-0.2, -0.15) is 11.8 Å². The summed E-state index contributed by atoms with van der Waals surface area (Å²) in [5, 5.41) is 0.495. The fourth-order valence-corrected chi connectivity index (χ4v) is 3.56. The lowest BCUT2D eigenvalue weighted by atomic mass is 9.83. The molecule has 2 N–H and O–H groups in total. The molecule has 2 fully saturated rings. The Morgan fingerprint density at radius 2 is 2.24 bits per heavy atom. The molecule has 4 unspecified atom stereocenters. The Bertz CT molecular complexity index is 313. The van der Waals surface area contributed by atoms with Crippen molar-refractivity contribution in [2.75, 3.05) is 25.5 Å². The van der Waals surface area contributed by atoms with Crippen LogP contribution in [0.25, 0.3) is 0 Å². The third kappa shape index (κ3) is 2.20. The molecule has 0 aromatic rings. The molecule has 0 aromatic carbocycles. The van der Waals surface area contributed by atoms with E-state index >= 15 is 0 Å². The molecule has 2 rings (SSSR count). The highest BCUT2D eigenvalue weighted by Crippen LogP contribution is 2.33. The number of carbonyl (C=O) groups is 1. The third-order valence-electron chi connectivity index (χ3n) is 4.15. The minimum Gasteiger partial charge on any atom is -0.379 e. The second kappa shape index (κ2) is 4.78. The maximum Gasteiger partial charge on any atom is 0.232 e. The van der Waals surface area contributed by atoms with E-state index < -0.39 is 5.41 Å². The van der Waals surface area contributed by atoms with Crippen molar-refractivity contribution in [3.8, 4) is 0 Å². The van der Waals surface area contributed by atoms with Gasteiger partial charge in [0, 0.05) is 29.6 Å². The zero-order valence-electron chi connectivity index (χ0n) is 10.8. The van der Waals surface area contributed by atoms with E-state index in [2.05, 4.69) is 13.8 Å². The van der Waals surface area contributed by atoms with Gasteiger partial charge in [-0.1, -0.05) is 6.92 Å². The van der Waals surface area contributed by atoms with Crippen LogP contribution in [0.1, 0.15) is 20.8 Å². The molecule has 17 heavy (non-hydrogen) atoms. The number of nitrogens with two attached hydrogens (primary N) is 1. The molecule has 0 aliphatic carbocycles. The topological polar surface area (TPSA) is 55.6 Å². The first-order chi connectivity index (χ1) is 7.97. The summed E-state index contributed by atoms with van der Waals surface area (Å²) < 4.78 is 5.37. The van der Waals surface area contributed by atoms with Crippen LogP contribution in [0.3, 0.4) is 0 Å². The molecular formula is C12H22N2O2S. The Hall–Kier alpha value is -0.260. The van der Waals surface area contributed by atoms with E-state index in [9.17, 15) is 4.79 Å². The highest BCUT2D eigenvalue weighted by molar-refractivity contribution is 8.00. The number of hydrogen-bond acceptors (Lipinski definition) is 4. The van der Waals surface area contributed by atoms with E-state index in [4.69, 9.17) is 10.5 Å². The molecule has 0 spiro atoms. The summed E-state index contributed by atoms with van der Waals surface area (Å²) in [5.41, 5.74) is 5.49. The van der Waals surface area contributed by atoms with Gasteiger partial charge < -0.3 is 15.4 Å². The minimum absolute atomic E-state index is 0.169. The molecule has 0 bridgehead atoms. The van der Waals surface area contributed by atoms with E-state index in [1.54, 1.807) is 0 Å². The second-order valence-electron chi connectivity index (χ2n) is 5.35. The van der Waals surface area contributed by atoms with Crippen LogP contribution in [0, 0.1) is 5.41 Å². The van der Waals surface area contributed by atoms with Crippen LogP contribution >= 0.6 is 11.8 Å². The average Bonchev–Trinajstić information content (AvgIpc) is 2.64. The first kappa shape index (κ1) is 13.2. The molecule has 2 heterocycles. The lowest BCUT2D eigenvalue weighted by Gasteiger charge is -2.42. The summed E-state index contributed by atoms with van der Waals surface area (Å²) >= 11 is 1.93. The normalized spacial score (nSPS) is 42.8. The average molecular weight is 258 g/mol. The molecule has 2 saturated heterocycles. The summed E-state index contributed by atoms with van der Waals surface area (Å²) in [6, 6.07) is 0.109. The van der Waals surface area contributed by atoms with Crippen LogP contribution in [0.4, 0.5) is 0 Å². The van der Waals surface area contributed by atoms with E-state index in [1.165, 1.54) is 0 Å². The third-order valence-corrected chi connectivity index (χ3v) is 5.49. The van der Waals surface area contributed by atoms with Crippen LogP contribution in [-0.4, -0.2) is 53.7 Å². The maximum absolute atomic E-state index is 12.6. The lowest BCUT2D eigenvalue weighted by molar-refractivity contribution is -0.143. The van der Waals surface area contributed by atoms with Crippen molar-refractivity contribution >= 4 is 17.7 Å². The Labute approximate surface area is 107 Å². The maximum atomic E-state index is 12.6. The quantitative estimate of drug-likeness (QED) is 0.752. The number of nitrogens with zero attached hydrogens (tertiary/aromatic N) is 1. The van der Waals surface area contributed by atoms with Gasteiger partial charge in [0.1, 0.15) is 0 Å². The van der Waals surface area contributed by atoms with Crippen molar-refractivity contribution in [3.05, 3.63) is 0 Å². The predicted molar refractivity (Wildman–Crippen MR) is 70.0 cm³/mol. The Morgan fingerprint density at radius 3 is 2.82 bits per heavy atom. The highest BCUT2D eigenvalue weighted by Gasteiger charge is 2.48. The minimum atomic E-state index is -0.532. The first-order valence-corrected chi connectivity index (χ1v) is 7.27. The van der Waals surface area contributed by atoms with Crippen LogP contribution in [0.5, 0.6) is 0 Å². The molecule has 1 amide bonds. The molecule has 0 radical (unpaired) electrons. The Kier molecular flexibility index (Phi) is 3.71. The highest BCUT2D eigenvalue weighted by atomic mass is 32.2. The SMILES string of the molecule is CC1SCCN(C(=O)C2(C)COCC2N)C1C. The van der Waals surface area contributed by atoms with Crippen molar-refractivity contribution < 1.29 is 9.53 Å². The molecule has 98 valence electrons. The fraction of sp³-hybridized carbons (Fsp3) is 0.917. The van der Waals surface area contributed by atoms with E-state index in [0.717, 1.165) is 12.3 Å². The smallest absolute Gasteiger partial charge is 0.232 e. The van der Waals surface area contributed by atoms with Crippen LogP contribution in [0.15, 0.2) is 0 Å². The van der Waals surface area contributed by atoms with Crippen LogP contribution in [-0.2, 0) is 9.53 Å². The molecule has 0 saturated carbocycles. The van der Waals surface area contributed by atoms with Crippen molar-refractivity contribution in [3.63, 3.8) is 0 Å². The van der Waals surface area contributed by atoms with Crippen LogP contribution < -0.4 is 5.73 Å². The molecule has 5 heteroatoms. The summed E-state index contributed by atoms with van der Waals surface area (Å²) in [4.78, 5) is 14.6. The molecule has 2 aliphatic rings. The number of thioether (sulfide) groups is 1. The summed E-state index contributed by atoms with van der Waals surface area (Å²) in [7, 11) is 0. The number of rotatable bonds is 1. The van der Waals surface area contributed by atoms with Gasteiger partial charge in [0.2, 0.25) is 5.91 Å². The van der Waals surface area contributed by atoms with Gasteiger partial charge in [0.05, 0.1) is 18.6 Å². The van der Waals surface area contributed by atoms with Gasteiger partial charge >= 0.3 is 0 Å². The van der Waals surface area contributed by atoms with Crippen molar-refractivity contribution in [1.82, 2.24) is 4.90 Å². The first-order valence-electron chi connectivity index (χ1n) is 6.23. The zero-order chi connectivity index (χ0) is 12.6. The van der Waals surface area contributed by atoms with Gasteiger partial charge in [0.25, 0.3) is 0 Å². The van der Waals surface area contributed by atoms with Gasteiger partial charge in [-0.25, -0.2) is 0 Å². The Morgan fingerprint density at radius 1 is 1.53 bits per heavy atom. The molecule has 0 aromatic heterocycles. The summed E-state index contributed by atoms with van der Waals surface area (Å²) in [5.74, 6) is 1.19. The van der Waals surface area contributed by atoms with E-state index in [0.29, 0.717) is 18.5 Å². The predicted octanol–water partition coefficient (Wildman–Crippen LogP) is 0.703. The molecule has 4 nitrogen and oxygen atoms in total. The van der Waals surface area contributed by atoms with Gasteiger partial charge in [-0.3, -0.25) is 4.79 Å². The molecular weight excluding hydrogens is 236 g/mol. The second-order valence-corrected chi connectivity index (χ2v) is 6.84. The van der Waals surface area contributed by atoms with Gasteiger partial charge in [0.15, 0.2) is 0 Å². The summed E-state index contributed by atoms with van der Waals surface area (Å²) in [6.45, 7) is 8.03. The van der Waals surface area contributed by atoms with Crippen molar-refractivity contribution in [2.24, 2.45) is 11.1 Å². The standard InChI is InChI=1S/C12H22N2O2S/c1-8-9(2)17-5-4-14(8)11(15)12(3)7-16-6-10(12)13/h8-10H,4-7,13H2,1-3H3. The van der Waals surface area contributed by atoms with Crippen molar-refractivity contribution in [2.45, 2.75) is 38.1 Å². The number of ether oxygens (including phenoxy) is 1. The molecule has 4 atom stereocenters. The van der Waals surface area contributed by atoms with E-state index in [1.807, 2.05) is 23.6 Å². The lowest BCUT2D eigenvalue weighted by Crippen LogP contribution is -2.57. The fourth-order valence-electron chi connectivity index (χ4n) is 2.46. The zero-order valence-corrected chi connectivity index (χ0v) is 11.6. The Balaban J connectivity index is 2.14. The largest absolute Gasteiger partial charge is 0.379 e. The van der Waals surface area contributed by atoms with Gasteiger partial charge in [-0.15, -0.1) is 0 Å². The van der Waals surface area contributed by atoms with Crippen LogP contribution in [0.2, 0.25) is 0 Å². The number of hydrogen-bond donors (Lipinski definition) is 1.